The van der Waals surface area contributed by atoms with Crippen molar-refractivity contribution in [1.29, 1.82) is 0 Å². The van der Waals surface area contributed by atoms with Crippen LogP contribution in [0.2, 0.25) is 0 Å². The molecule has 0 amide bonds. The molecule has 0 radical (unpaired) electrons. The first-order chi connectivity index (χ1) is 10.0. The minimum Gasteiger partial charge on any atom is -0.494 e. The van der Waals surface area contributed by atoms with Gasteiger partial charge in [-0.25, -0.2) is 0 Å². The van der Waals surface area contributed by atoms with Crippen LogP contribution in [0.5, 0.6) is 5.75 Å². The number of hydrogen-bond donors (Lipinski definition) is 1. The van der Waals surface area contributed by atoms with Gasteiger partial charge < -0.3 is 10.1 Å². The summed E-state index contributed by atoms with van der Waals surface area (Å²) in [6.45, 7) is 2.92. The fourth-order valence-electron chi connectivity index (χ4n) is 2.13. The lowest BCUT2D eigenvalue weighted by Gasteiger charge is -2.13. The Morgan fingerprint density at radius 3 is 2.29 bits per heavy atom. The van der Waals surface area contributed by atoms with Crippen LogP contribution in [0.3, 0.4) is 0 Å². The molecule has 2 aromatic carbocycles. The largest absolute Gasteiger partial charge is 0.494 e. The minimum absolute atomic E-state index is 0.760. The highest BCUT2D eigenvalue weighted by atomic mass is 79.9. The van der Waals surface area contributed by atoms with Crippen molar-refractivity contribution in [3.63, 3.8) is 0 Å². The third-order valence-electron chi connectivity index (χ3n) is 3.19. The molecule has 0 aromatic heterocycles. The summed E-state index contributed by atoms with van der Waals surface area (Å²) in [7, 11) is 1.66. The molecule has 0 unspecified atom stereocenters. The second-order valence-electron chi connectivity index (χ2n) is 4.60. The van der Waals surface area contributed by atoms with E-state index in [9.17, 15) is 0 Å². The van der Waals surface area contributed by atoms with E-state index in [1.165, 1.54) is 16.8 Å². The quantitative estimate of drug-likeness (QED) is 0.557. The summed E-state index contributed by atoms with van der Waals surface area (Å²) >= 11 is 10.6. The van der Waals surface area contributed by atoms with E-state index in [1.807, 2.05) is 0 Å². The number of methoxy groups -OCH3 is 1. The molecule has 112 valence electrons. The first-order valence-electron chi connectivity index (χ1n) is 6.59. The molecule has 5 heteroatoms. The smallest absolute Gasteiger partial charge is 0.147 e. The van der Waals surface area contributed by atoms with E-state index in [0.717, 1.165) is 32.1 Å². The lowest BCUT2D eigenvalue weighted by molar-refractivity contribution is 0.409. The molecule has 0 aliphatic carbocycles. The molecule has 2 aromatic rings. The van der Waals surface area contributed by atoms with Gasteiger partial charge in [-0.3, -0.25) is 0 Å². The average Bonchev–Trinajstić information content (AvgIpc) is 2.45. The van der Waals surface area contributed by atoms with E-state index in [4.69, 9.17) is 4.74 Å². The van der Waals surface area contributed by atoms with Gasteiger partial charge in [-0.05, 0) is 79.7 Å². The maximum Gasteiger partial charge on any atom is 0.147 e. The van der Waals surface area contributed by atoms with E-state index < -0.39 is 0 Å². The van der Waals surface area contributed by atoms with Crippen LogP contribution >= 0.6 is 47.8 Å². The fraction of sp³-hybridized carbons (Fsp3) is 0.250. The lowest BCUT2D eigenvalue weighted by atomic mass is 10.1. The number of rotatable bonds is 5. The Bertz CT molecular complexity index is 620. The molecule has 0 bridgehead atoms. The predicted molar refractivity (Wildman–Crippen MR) is 99.2 cm³/mol. The Labute approximate surface area is 150 Å². The van der Waals surface area contributed by atoms with Crippen LogP contribution in [0.15, 0.2) is 43.7 Å². The van der Waals surface area contributed by atoms with Crippen LogP contribution in [0.1, 0.15) is 18.1 Å². The maximum atomic E-state index is 5.32. The number of aryl methyl sites for hydroxylation is 1. The van der Waals surface area contributed by atoms with Crippen molar-refractivity contribution in [3.05, 3.63) is 54.9 Å². The van der Waals surface area contributed by atoms with E-state index in [0.29, 0.717) is 0 Å². The van der Waals surface area contributed by atoms with Crippen LogP contribution < -0.4 is 10.1 Å². The maximum absolute atomic E-state index is 5.32. The van der Waals surface area contributed by atoms with Gasteiger partial charge in [0.15, 0.2) is 0 Å². The predicted octanol–water partition coefficient (Wildman–Crippen LogP) is 6.16. The lowest BCUT2D eigenvalue weighted by Crippen LogP contribution is -2.02. The standard InChI is InChI=1S/C16H16Br3NO/c1-3-11-8-12(17)4-5-15(11)20-9-10-6-13(18)16(21-2)14(19)7-10/h4-8,20H,3,9H2,1-2H3. The number of benzene rings is 2. The average molecular weight is 478 g/mol. The summed E-state index contributed by atoms with van der Waals surface area (Å²) in [5, 5.41) is 3.50. The molecule has 2 nitrogen and oxygen atoms in total. The molecule has 0 aliphatic heterocycles. The summed E-state index contributed by atoms with van der Waals surface area (Å²) in [6, 6.07) is 10.5. The Kier molecular flexibility index (Phi) is 6.14. The molecule has 2 rings (SSSR count). The van der Waals surface area contributed by atoms with E-state index in [1.54, 1.807) is 7.11 Å². The zero-order valence-electron chi connectivity index (χ0n) is 11.8. The van der Waals surface area contributed by atoms with Crippen molar-refractivity contribution in [3.8, 4) is 5.75 Å². The first-order valence-corrected chi connectivity index (χ1v) is 8.97. The summed E-state index contributed by atoms with van der Waals surface area (Å²) in [5.74, 6) is 0.816. The number of nitrogens with one attached hydrogen (secondary N) is 1. The number of anilines is 1. The molecule has 0 atom stereocenters. The Morgan fingerprint density at radius 1 is 1.05 bits per heavy atom. The number of ether oxygens (including phenoxy) is 1. The highest BCUT2D eigenvalue weighted by molar-refractivity contribution is 9.11. The van der Waals surface area contributed by atoms with Gasteiger partial charge >= 0.3 is 0 Å². The molecule has 0 saturated carbocycles. The second-order valence-corrected chi connectivity index (χ2v) is 7.23. The van der Waals surface area contributed by atoms with Crippen molar-refractivity contribution in [2.24, 2.45) is 0 Å². The van der Waals surface area contributed by atoms with E-state index >= 15 is 0 Å². The van der Waals surface area contributed by atoms with E-state index in [2.05, 4.69) is 90.4 Å². The molecular weight excluding hydrogens is 462 g/mol. The van der Waals surface area contributed by atoms with Crippen LogP contribution in [0.4, 0.5) is 5.69 Å². The van der Waals surface area contributed by atoms with Crippen molar-refractivity contribution in [2.45, 2.75) is 19.9 Å². The van der Waals surface area contributed by atoms with Crippen molar-refractivity contribution < 1.29 is 4.74 Å². The Morgan fingerprint density at radius 2 is 1.71 bits per heavy atom. The van der Waals surface area contributed by atoms with Crippen molar-refractivity contribution in [1.82, 2.24) is 0 Å². The normalized spacial score (nSPS) is 10.5. The molecule has 1 N–H and O–H groups in total. The molecule has 0 aliphatic rings. The molecular formula is C16H16Br3NO. The van der Waals surface area contributed by atoms with Gasteiger partial charge in [0, 0.05) is 16.7 Å². The fourth-order valence-corrected chi connectivity index (χ4v) is 4.15. The van der Waals surface area contributed by atoms with Crippen LogP contribution in [-0.4, -0.2) is 7.11 Å². The van der Waals surface area contributed by atoms with E-state index in [-0.39, 0.29) is 0 Å². The van der Waals surface area contributed by atoms with Gasteiger partial charge in [-0.15, -0.1) is 0 Å². The van der Waals surface area contributed by atoms with Crippen LogP contribution in [0, 0.1) is 0 Å². The van der Waals surface area contributed by atoms with Gasteiger partial charge in [0.05, 0.1) is 16.1 Å². The summed E-state index contributed by atoms with van der Waals surface area (Å²) in [6.07, 6.45) is 0.998. The number of hydrogen-bond acceptors (Lipinski definition) is 2. The first kappa shape index (κ1) is 16.8. The van der Waals surface area contributed by atoms with Crippen LogP contribution in [-0.2, 0) is 13.0 Å². The minimum atomic E-state index is 0.760. The third kappa shape index (κ3) is 4.24. The second kappa shape index (κ2) is 7.65. The zero-order valence-corrected chi connectivity index (χ0v) is 16.6. The third-order valence-corrected chi connectivity index (χ3v) is 4.86. The molecule has 21 heavy (non-hydrogen) atoms. The summed E-state index contributed by atoms with van der Waals surface area (Å²) in [5.41, 5.74) is 3.65. The highest BCUT2D eigenvalue weighted by Gasteiger charge is 2.08. The van der Waals surface area contributed by atoms with Gasteiger partial charge in [-0.1, -0.05) is 22.9 Å². The van der Waals surface area contributed by atoms with Crippen molar-refractivity contribution in [2.75, 3.05) is 12.4 Å². The van der Waals surface area contributed by atoms with Gasteiger partial charge in [0.25, 0.3) is 0 Å². The Hall–Kier alpha value is -0.520. The van der Waals surface area contributed by atoms with Gasteiger partial charge in [0.2, 0.25) is 0 Å². The summed E-state index contributed by atoms with van der Waals surface area (Å²) in [4.78, 5) is 0. The SMILES string of the molecule is CCc1cc(Br)ccc1NCc1cc(Br)c(OC)c(Br)c1. The molecule has 0 saturated heterocycles. The summed E-state index contributed by atoms with van der Waals surface area (Å²) < 4.78 is 8.33. The zero-order chi connectivity index (χ0) is 15.4. The number of halogens is 3. The highest BCUT2D eigenvalue weighted by Crippen LogP contribution is 2.34. The molecule has 0 fully saturated rings. The topological polar surface area (TPSA) is 21.3 Å². The monoisotopic (exact) mass is 475 g/mol. The van der Waals surface area contributed by atoms with Gasteiger partial charge in [0.1, 0.15) is 5.75 Å². The van der Waals surface area contributed by atoms with Crippen molar-refractivity contribution >= 4 is 53.5 Å². The van der Waals surface area contributed by atoms with Gasteiger partial charge in [-0.2, -0.15) is 0 Å². The van der Waals surface area contributed by atoms with Crippen LogP contribution in [0.25, 0.3) is 0 Å². The molecule has 0 heterocycles. The Balaban J connectivity index is 2.17. The molecule has 0 spiro atoms.